The molecule has 0 aliphatic carbocycles. The molecule has 0 aliphatic heterocycles. The molecule has 6 heteroatoms. The normalized spacial score (nSPS) is 10.5. The summed E-state index contributed by atoms with van der Waals surface area (Å²) in [5, 5.41) is 13.3. The summed E-state index contributed by atoms with van der Waals surface area (Å²) in [5.74, 6) is 1.02. The molecule has 6 nitrogen and oxygen atoms in total. The van der Waals surface area contributed by atoms with E-state index in [1.54, 1.807) is 0 Å². The lowest BCUT2D eigenvalue weighted by atomic mass is 10.2. The highest BCUT2D eigenvalue weighted by molar-refractivity contribution is 5.96. The Morgan fingerprint density at radius 1 is 1.29 bits per heavy atom. The summed E-state index contributed by atoms with van der Waals surface area (Å²) in [5.41, 5.74) is 8.13. The van der Waals surface area contributed by atoms with Gasteiger partial charge in [0.2, 0.25) is 0 Å². The van der Waals surface area contributed by atoms with E-state index in [9.17, 15) is 5.26 Å². The predicted molar refractivity (Wildman–Crippen MR) is 81.4 cm³/mol. The molecule has 3 N–H and O–H groups in total. The van der Waals surface area contributed by atoms with Crippen LogP contribution in [-0.2, 0) is 13.6 Å². The maximum Gasteiger partial charge on any atom is 0.148 e. The van der Waals surface area contributed by atoms with Crippen molar-refractivity contribution in [1.82, 2.24) is 14.5 Å². The van der Waals surface area contributed by atoms with E-state index in [1.807, 2.05) is 41.9 Å². The third-order valence-electron chi connectivity index (χ3n) is 3.41. The molecular formula is C15H14N6. The van der Waals surface area contributed by atoms with Crippen LogP contribution in [0.3, 0.4) is 0 Å². The van der Waals surface area contributed by atoms with Gasteiger partial charge in [0.05, 0.1) is 5.39 Å². The predicted octanol–water partition coefficient (Wildman–Crippen LogP) is 2.03. The highest BCUT2D eigenvalue weighted by Gasteiger charge is 2.18. The third-order valence-corrected chi connectivity index (χ3v) is 3.41. The second kappa shape index (κ2) is 5.13. The van der Waals surface area contributed by atoms with Crippen molar-refractivity contribution in [2.45, 2.75) is 6.54 Å². The minimum atomic E-state index is 0.319. The molecule has 0 saturated heterocycles. The van der Waals surface area contributed by atoms with Gasteiger partial charge in [-0.15, -0.1) is 0 Å². The van der Waals surface area contributed by atoms with Crippen LogP contribution in [0.5, 0.6) is 0 Å². The Morgan fingerprint density at radius 3 is 2.76 bits per heavy atom. The molecule has 0 aliphatic rings. The molecule has 0 spiro atoms. The lowest BCUT2D eigenvalue weighted by molar-refractivity contribution is 0.928. The van der Waals surface area contributed by atoms with Crippen molar-refractivity contribution in [1.29, 1.82) is 5.26 Å². The van der Waals surface area contributed by atoms with E-state index in [-0.39, 0.29) is 0 Å². The highest BCUT2D eigenvalue weighted by Crippen LogP contribution is 2.30. The Kier molecular flexibility index (Phi) is 3.16. The van der Waals surface area contributed by atoms with Gasteiger partial charge in [0, 0.05) is 13.6 Å². The van der Waals surface area contributed by atoms with Crippen molar-refractivity contribution >= 4 is 22.7 Å². The number of hydrogen-bond acceptors (Lipinski definition) is 5. The van der Waals surface area contributed by atoms with Gasteiger partial charge in [-0.25, -0.2) is 9.97 Å². The zero-order valence-corrected chi connectivity index (χ0v) is 11.5. The first-order valence-corrected chi connectivity index (χ1v) is 6.49. The van der Waals surface area contributed by atoms with Crippen LogP contribution >= 0.6 is 0 Å². The fourth-order valence-corrected chi connectivity index (χ4v) is 2.37. The van der Waals surface area contributed by atoms with Crippen LogP contribution in [0.15, 0.2) is 36.7 Å². The maximum absolute atomic E-state index is 9.44. The molecule has 3 rings (SSSR count). The van der Waals surface area contributed by atoms with E-state index in [0.717, 1.165) is 5.56 Å². The van der Waals surface area contributed by atoms with Crippen molar-refractivity contribution in [3.05, 3.63) is 47.8 Å². The van der Waals surface area contributed by atoms with Gasteiger partial charge in [0.15, 0.2) is 0 Å². The van der Waals surface area contributed by atoms with E-state index >= 15 is 0 Å². The molecule has 0 unspecified atom stereocenters. The maximum atomic E-state index is 9.44. The van der Waals surface area contributed by atoms with E-state index in [0.29, 0.717) is 34.8 Å². The van der Waals surface area contributed by atoms with Crippen LogP contribution in [0, 0.1) is 11.3 Å². The summed E-state index contributed by atoms with van der Waals surface area (Å²) in [7, 11) is 1.85. The van der Waals surface area contributed by atoms with Crippen LogP contribution in [0.4, 0.5) is 11.6 Å². The summed E-state index contributed by atoms with van der Waals surface area (Å²) >= 11 is 0. The van der Waals surface area contributed by atoms with Gasteiger partial charge in [-0.05, 0) is 5.56 Å². The largest absolute Gasteiger partial charge is 0.383 e. The quantitative estimate of drug-likeness (QED) is 0.764. The topological polar surface area (TPSA) is 92.5 Å². The smallest absolute Gasteiger partial charge is 0.148 e. The van der Waals surface area contributed by atoms with E-state index in [4.69, 9.17) is 5.73 Å². The van der Waals surface area contributed by atoms with E-state index < -0.39 is 0 Å². The van der Waals surface area contributed by atoms with Crippen LogP contribution in [0.1, 0.15) is 11.1 Å². The van der Waals surface area contributed by atoms with E-state index in [1.165, 1.54) is 6.33 Å². The summed E-state index contributed by atoms with van der Waals surface area (Å²) < 4.78 is 1.83. The monoisotopic (exact) mass is 278 g/mol. The molecular weight excluding hydrogens is 264 g/mol. The molecule has 2 heterocycles. The SMILES string of the molecule is Cn1c(NCc2ccccc2)c(C#N)c2c(N)ncnc21. The summed E-state index contributed by atoms with van der Waals surface area (Å²) in [4.78, 5) is 8.17. The summed E-state index contributed by atoms with van der Waals surface area (Å²) in [6, 6.07) is 12.2. The van der Waals surface area contributed by atoms with Gasteiger partial charge < -0.3 is 15.6 Å². The standard InChI is InChI=1S/C15H14N6/c1-21-14(18-8-10-5-3-2-4-6-10)11(7-16)12-13(17)19-9-20-15(12)21/h2-6,9,18H,8H2,1H3,(H2,17,19,20). The minimum absolute atomic E-state index is 0.319. The molecule has 0 amide bonds. The number of nitrogen functional groups attached to an aromatic ring is 1. The van der Waals surface area contributed by atoms with Crippen molar-refractivity contribution in [2.75, 3.05) is 11.1 Å². The van der Waals surface area contributed by atoms with E-state index in [2.05, 4.69) is 21.4 Å². The minimum Gasteiger partial charge on any atom is -0.383 e. The van der Waals surface area contributed by atoms with Crippen LogP contribution in [0.2, 0.25) is 0 Å². The molecule has 0 radical (unpaired) electrons. The van der Waals surface area contributed by atoms with Gasteiger partial charge in [0.25, 0.3) is 0 Å². The molecule has 0 bridgehead atoms. The van der Waals surface area contributed by atoms with Gasteiger partial charge in [0.1, 0.15) is 35.2 Å². The van der Waals surface area contributed by atoms with Gasteiger partial charge in [-0.3, -0.25) is 0 Å². The first kappa shape index (κ1) is 12.9. The first-order chi connectivity index (χ1) is 10.2. The number of nitrogens with one attached hydrogen (secondary N) is 1. The molecule has 104 valence electrons. The van der Waals surface area contributed by atoms with Crippen LogP contribution in [-0.4, -0.2) is 14.5 Å². The average Bonchev–Trinajstić information content (AvgIpc) is 2.80. The van der Waals surface area contributed by atoms with Gasteiger partial charge >= 0.3 is 0 Å². The number of fused-ring (bicyclic) bond motifs is 1. The number of aryl methyl sites for hydroxylation is 1. The molecule has 1 aromatic carbocycles. The lowest BCUT2D eigenvalue weighted by Gasteiger charge is -2.08. The summed E-state index contributed by atoms with van der Waals surface area (Å²) in [6.45, 7) is 0.618. The number of benzene rings is 1. The molecule has 2 aromatic heterocycles. The van der Waals surface area contributed by atoms with Gasteiger partial charge in [-0.1, -0.05) is 30.3 Å². The molecule has 21 heavy (non-hydrogen) atoms. The average molecular weight is 278 g/mol. The second-order valence-corrected chi connectivity index (χ2v) is 4.69. The molecule has 0 fully saturated rings. The Morgan fingerprint density at radius 2 is 2.05 bits per heavy atom. The second-order valence-electron chi connectivity index (χ2n) is 4.69. The number of rotatable bonds is 3. The zero-order valence-electron chi connectivity index (χ0n) is 11.5. The Hall–Kier alpha value is -3.07. The number of nitrogens with zero attached hydrogens (tertiary/aromatic N) is 4. The number of nitriles is 1. The highest BCUT2D eigenvalue weighted by atomic mass is 15.1. The number of nitrogens with two attached hydrogens (primary N) is 1. The number of hydrogen-bond donors (Lipinski definition) is 2. The van der Waals surface area contributed by atoms with Gasteiger partial charge in [-0.2, -0.15) is 5.26 Å². The lowest BCUT2D eigenvalue weighted by Crippen LogP contribution is -2.05. The Balaban J connectivity index is 2.05. The third kappa shape index (κ3) is 2.15. The Labute approximate surface area is 121 Å². The fraction of sp³-hybridized carbons (Fsp3) is 0.133. The number of aromatic nitrogens is 3. The molecule has 0 saturated carbocycles. The molecule has 0 atom stereocenters. The van der Waals surface area contributed by atoms with Crippen molar-refractivity contribution < 1.29 is 0 Å². The van der Waals surface area contributed by atoms with Crippen molar-refractivity contribution in [2.24, 2.45) is 7.05 Å². The van der Waals surface area contributed by atoms with Crippen LogP contribution < -0.4 is 11.1 Å². The van der Waals surface area contributed by atoms with Crippen molar-refractivity contribution in [3.63, 3.8) is 0 Å². The van der Waals surface area contributed by atoms with Crippen molar-refractivity contribution in [3.8, 4) is 6.07 Å². The first-order valence-electron chi connectivity index (χ1n) is 6.49. The number of anilines is 2. The fourth-order valence-electron chi connectivity index (χ4n) is 2.37. The molecule has 3 aromatic rings. The zero-order chi connectivity index (χ0) is 14.8. The summed E-state index contributed by atoms with van der Waals surface area (Å²) in [6.07, 6.45) is 1.40. The Bertz CT molecular complexity index is 829. The van der Waals surface area contributed by atoms with Crippen LogP contribution in [0.25, 0.3) is 11.0 Å².